The summed E-state index contributed by atoms with van der Waals surface area (Å²) in [5.41, 5.74) is 6.08. The van der Waals surface area contributed by atoms with Crippen molar-refractivity contribution in [2.24, 2.45) is 5.92 Å². The molecular weight excluding hydrogens is 611 g/mol. The number of alkyl halides is 1. The Bertz CT molecular complexity index is 1960. The van der Waals surface area contributed by atoms with Gasteiger partial charge in [0.1, 0.15) is 23.1 Å². The van der Waals surface area contributed by atoms with Gasteiger partial charge in [-0.2, -0.15) is 10.2 Å². The number of carbonyl (C=O) groups excluding carboxylic acids is 1. The molecule has 2 fully saturated rings. The number of ether oxygens (including phenoxy) is 1. The van der Waals surface area contributed by atoms with Gasteiger partial charge in [0.15, 0.2) is 0 Å². The number of piperidine rings is 1. The highest BCUT2D eigenvalue weighted by Gasteiger charge is 2.33. The number of carbonyl (C=O) groups is 2. The van der Waals surface area contributed by atoms with Gasteiger partial charge in [-0.15, -0.1) is 11.3 Å². The van der Waals surface area contributed by atoms with Crippen LogP contribution >= 0.6 is 11.3 Å². The Kier molecular flexibility index (Phi) is 7.89. The summed E-state index contributed by atoms with van der Waals surface area (Å²) >= 11 is 1.70. The fourth-order valence-corrected chi connectivity index (χ4v) is 7.92. The lowest BCUT2D eigenvalue weighted by atomic mass is 9.96. The fraction of sp³-hybridized carbons (Fsp3) is 0.394. The van der Waals surface area contributed by atoms with E-state index in [-0.39, 0.29) is 31.7 Å². The molecule has 7 rings (SSSR count). The van der Waals surface area contributed by atoms with Gasteiger partial charge in [0, 0.05) is 46.6 Å². The normalized spacial score (nSPS) is 18.4. The highest BCUT2D eigenvalue weighted by molar-refractivity contribution is 7.22. The van der Waals surface area contributed by atoms with E-state index in [1.807, 2.05) is 19.3 Å². The first-order valence-electron chi connectivity index (χ1n) is 15.4. The fourth-order valence-electron chi connectivity index (χ4n) is 6.62. The molecule has 2 amide bonds. The molecule has 1 aliphatic carbocycles. The van der Waals surface area contributed by atoms with Gasteiger partial charge < -0.3 is 25.2 Å². The second kappa shape index (κ2) is 12.0. The van der Waals surface area contributed by atoms with Crippen molar-refractivity contribution in [2.75, 3.05) is 26.8 Å². The molecule has 2 aliphatic rings. The molecule has 2 atom stereocenters. The van der Waals surface area contributed by atoms with Gasteiger partial charge in [-0.1, -0.05) is 12.1 Å². The number of aliphatic hydroxyl groups excluding tert-OH is 1. The summed E-state index contributed by atoms with van der Waals surface area (Å²) in [7, 11) is 1.54. The van der Waals surface area contributed by atoms with Gasteiger partial charge >= 0.3 is 6.09 Å². The van der Waals surface area contributed by atoms with E-state index in [4.69, 9.17) is 14.9 Å². The van der Waals surface area contributed by atoms with Gasteiger partial charge in [0.05, 0.1) is 49.5 Å². The Balaban J connectivity index is 1.32. The first-order valence-corrected chi connectivity index (χ1v) is 16.2. The summed E-state index contributed by atoms with van der Waals surface area (Å²) < 4.78 is 24.9. The molecule has 240 valence electrons. The van der Waals surface area contributed by atoms with Gasteiger partial charge in [0.25, 0.3) is 5.91 Å². The summed E-state index contributed by atoms with van der Waals surface area (Å²) in [6, 6.07) is 7.26. The van der Waals surface area contributed by atoms with Crippen LogP contribution in [-0.2, 0) is 13.0 Å². The van der Waals surface area contributed by atoms with Crippen molar-refractivity contribution in [2.45, 2.75) is 51.4 Å². The molecule has 5 heterocycles. The third kappa shape index (κ3) is 5.58. The predicted octanol–water partition coefficient (Wildman–Crippen LogP) is 5.16. The maximum atomic E-state index is 14.6. The second-order valence-corrected chi connectivity index (χ2v) is 13.3. The molecule has 1 aliphatic heterocycles. The number of fused-ring (bicyclic) bond motifs is 2. The summed E-state index contributed by atoms with van der Waals surface area (Å²) in [4.78, 5) is 27.2. The molecule has 5 aromatic rings. The molecule has 0 unspecified atom stereocenters. The van der Waals surface area contributed by atoms with Crippen LogP contribution < -0.4 is 10.1 Å². The molecule has 0 bridgehead atoms. The van der Waals surface area contributed by atoms with Gasteiger partial charge in [-0.05, 0) is 55.4 Å². The van der Waals surface area contributed by atoms with E-state index in [0.29, 0.717) is 18.2 Å². The van der Waals surface area contributed by atoms with Gasteiger partial charge in [0.2, 0.25) is 0 Å². The maximum Gasteiger partial charge on any atom is 0.404 e. The number of nitrogens with one attached hydrogen (secondary N) is 1. The third-order valence-corrected chi connectivity index (χ3v) is 10.1. The van der Waals surface area contributed by atoms with E-state index in [1.165, 1.54) is 28.7 Å². The van der Waals surface area contributed by atoms with Crippen molar-refractivity contribution in [3.63, 3.8) is 0 Å². The molecular formula is C33H35FN6O5S. The number of halogens is 1. The molecule has 3 N–H and O–H groups in total. The quantitative estimate of drug-likeness (QED) is 0.201. The zero-order chi connectivity index (χ0) is 32.1. The van der Waals surface area contributed by atoms with E-state index in [0.717, 1.165) is 43.9 Å². The van der Waals surface area contributed by atoms with Crippen LogP contribution in [0.3, 0.4) is 0 Å². The number of rotatable bonds is 9. The van der Waals surface area contributed by atoms with Crippen LogP contribution in [-0.4, -0.2) is 85.5 Å². The first-order chi connectivity index (χ1) is 22.2. The molecule has 1 saturated heterocycles. The van der Waals surface area contributed by atoms with Crippen molar-refractivity contribution >= 4 is 38.9 Å². The Morgan fingerprint density at radius 1 is 1.22 bits per heavy atom. The van der Waals surface area contributed by atoms with Crippen LogP contribution in [0.2, 0.25) is 0 Å². The van der Waals surface area contributed by atoms with Crippen molar-refractivity contribution in [1.29, 1.82) is 0 Å². The molecule has 1 aromatic carbocycles. The van der Waals surface area contributed by atoms with Crippen molar-refractivity contribution in [3.8, 4) is 27.4 Å². The number of benzene rings is 1. The minimum atomic E-state index is -1.34. The number of aryl methyl sites for hydroxylation is 1. The smallest absolute Gasteiger partial charge is 0.404 e. The average molecular weight is 647 g/mol. The summed E-state index contributed by atoms with van der Waals surface area (Å²) in [5, 5.41) is 31.5. The van der Waals surface area contributed by atoms with E-state index in [9.17, 15) is 19.1 Å². The predicted molar refractivity (Wildman–Crippen MR) is 172 cm³/mol. The largest absolute Gasteiger partial charge is 0.494 e. The van der Waals surface area contributed by atoms with E-state index >= 15 is 0 Å². The molecule has 0 radical (unpaired) electrons. The van der Waals surface area contributed by atoms with Crippen LogP contribution in [0, 0.1) is 12.8 Å². The van der Waals surface area contributed by atoms with Gasteiger partial charge in [-0.25, -0.2) is 13.7 Å². The molecule has 11 nitrogen and oxygen atoms in total. The highest BCUT2D eigenvalue weighted by atomic mass is 32.1. The van der Waals surface area contributed by atoms with E-state index in [2.05, 4.69) is 28.6 Å². The van der Waals surface area contributed by atoms with E-state index in [1.54, 1.807) is 39.9 Å². The number of thiophene rings is 1. The van der Waals surface area contributed by atoms with Gasteiger partial charge in [-0.3, -0.25) is 9.48 Å². The topological polar surface area (TPSA) is 134 Å². The van der Waals surface area contributed by atoms with E-state index < -0.39 is 24.2 Å². The monoisotopic (exact) mass is 646 g/mol. The molecule has 13 heteroatoms. The number of hydrogen-bond acceptors (Lipinski definition) is 7. The Labute approximate surface area is 268 Å². The molecule has 4 aromatic heterocycles. The molecule has 46 heavy (non-hydrogen) atoms. The standard InChI is InChI=1S/C33H35FN6O5S/c1-18-29(31-25(10-19-6-7-19)28-24(4-3-5-27(28)46-31)21-13-35-39(14-21)8-9-41)37-40-15-20(11-26(45-2)30(18)40)32(42)38-16-22(34)12-23(17-38)36-33(43)44/h3-5,11,13-15,19,22-23,36,41H,6-10,12,16-17H2,1-2H3,(H,43,44)/t22-,23-/m1/s1. The second-order valence-electron chi connectivity index (χ2n) is 12.2. The number of hydrogen-bond donors (Lipinski definition) is 3. The number of aliphatic hydroxyl groups is 1. The lowest BCUT2D eigenvalue weighted by Gasteiger charge is -2.34. The van der Waals surface area contributed by atoms with Crippen LogP contribution in [0.5, 0.6) is 5.75 Å². The van der Waals surface area contributed by atoms with Crippen LogP contribution in [0.15, 0.2) is 42.9 Å². The number of aromatic nitrogens is 4. The third-order valence-electron chi connectivity index (χ3n) is 8.90. The molecule has 0 spiro atoms. The Morgan fingerprint density at radius 3 is 2.78 bits per heavy atom. The van der Waals surface area contributed by atoms with Crippen molar-refractivity contribution in [1.82, 2.24) is 29.6 Å². The lowest BCUT2D eigenvalue weighted by Crippen LogP contribution is -2.53. The zero-order valence-electron chi connectivity index (χ0n) is 25.6. The van der Waals surface area contributed by atoms with Crippen LogP contribution in [0.1, 0.15) is 40.7 Å². The lowest BCUT2D eigenvalue weighted by molar-refractivity contribution is 0.0577. The number of likely N-dealkylation sites (tertiary alicyclic amines) is 1. The number of pyridine rings is 1. The number of nitrogens with zero attached hydrogens (tertiary/aromatic N) is 5. The minimum absolute atomic E-state index is 0.0155. The summed E-state index contributed by atoms with van der Waals surface area (Å²) in [5.74, 6) is 0.663. The zero-order valence-corrected chi connectivity index (χ0v) is 26.4. The Morgan fingerprint density at radius 2 is 2.04 bits per heavy atom. The molecule has 1 saturated carbocycles. The van der Waals surface area contributed by atoms with Crippen molar-refractivity contribution < 1.29 is 28.9 Å². The summed E-state index contributed by atoms with van der Waals surface area (Å²) in [6.07, 6.45) is 6.19. The van der Waals surface area contributed by atoms with Crippen molar-refractivity contribution in [3.05, 3.63) is 59.5 Å². The number of methoxy groups -OCH3 is 1. The van der Waals surface area contributed by atoms with Crippen LogP contribution in [0.25, 0.3) is 37.3 Å². The Hall–Kier alpha value is -4.49. The minimum Gasteiger partial charge on any atom is -0.494 e. The average Bonchev–Trinajstić information content (AvgIpc) is 3.44. The first kappa shape index (κ1) is 30.2. The SMILES string of the molecule is COc1cc(C(=O)N2C[C@H](F)C[C@@H](NC(=O)O)C2)cn2nc(-c3sc4cccc(-c5cnn(CCO)c5)c4c3CC3CC3)c(C)c12. The summed E-state index contributed by atoms with van der Waals surface area (Å²) in [6.45, 7) is 2.41. The maximum absolute atomic E-state index is 14.6. The highest BCUT2D eigenvalue weighted by Crippen LogP contribution is 2.47. The van der Waals surface area contributed by atoms with Crippen LogP contribution in [0.4, 0.5) is 9.18 Å². The number of amides is 2. The number of carboxylic acid groups (broad SMARTS) is 1.